The second kappa shape index (κ2) is 8.22. The predicted molar refractivity (Wildman–Crippen MR) is 95.6 cm³/mol. The standard InChI is InChI=1S/C16H28N6OS/c17-9-13-6-5-12(22(13)10-11-3-4-11)8-14(23)19-7-1-2-15-20-21-16(18)24-15/h11-13H,1-10,17H2,(H2,18,21)(H,19,23)/t12-,13+/m0/s1. The molecule has 0 unspecified atom stereocenters. The van der Waals surface area contributed by atoms with E-state index < -0.39 is 0 Å². The Morgan fingerprint density at radius 3 is 2.71 bits per heavy atom. The molecule has 1 aromatic rings. The number of carbonyl (C=O) groups is 1. The second-order valence-electron chi connectivity index (χ2n) is 6.95. The molecule has 0 aromatic carbocycles. The van der Waals surface area contributed by atoms with Gasteiger partial charge in [0, 0.05) is 44.6 Å². The fourth-order valence-corrected chi connectivity index (χ4v) is 4.16. The van der Waals surface area contributed by atoms with Crippen molar-refractivity contribution in [3.8, 4) is 0 Å². The number of rotatable bonds is 9. The Kier molecular flexibility index (Phi) is 6.02. The van der Waals surface area contributed by atoms with Gasteiger partial charge >= 0.3 is 0 Å². The van der Waals surface area contributed by atoms with E-state index in [1.54, 1.807) is 0 Å². The van der Waals surface area contributed by atoms with Crippen LogP contribution < -0.4 is 16.8 Å². The highest BCUT2D eigenvalue weighted by Crippen LogP contribution is 2.35. The van der Waals surface area contributed by atoms with Gasteiger partial charge in [-0.2, -0.15) is 0 Å². The maximum Gasteiger partial charge on any atom is 0.221 e. The third-order valence-corrected chi connectivity index (χ3v) is 5.81. The molecule has 3 rings (SSSR count). The molecule has 1 saturated heterocycles. The lowest BCUT2D eigenvalue weighted by Gasteiger charge is -2.29. The SMILES string of the molecule is NC[C@H]1CC[C@@H](CC(=O)NCCCc2nnc(N)s2)N1CC1CC1. The lowest BCUT2D eigenvalue weighted by molar-refractivity contribution is -0.122. The fraction of sp³-hybridized carbons (Fsp3) is 0.812. The van der Waals surface area contributed by atoms with E-state index in [0.717, 1.165) is 43.2 Å². The highest BCUT2D eigenvalue weighted by Gasteiger charge is 2.37. The summed E-state index contributed by atoms with van der Waals surface area (Å²) in [4.78, 5) is 14.7. The van der Waals surface area contributed by atoms with Gasteiger partial charge in [0.25, 0.3) is 0 Å². The molecular weight excluding hydrogens is 324 g/mol. The van der Waals surface area contributed by atoms with Crippen LogP contribution in [0.5, 0.6) is 0 Å². The molecule has 1 saturated carbocycles. The molecule has 8 heteroatoms. The van der Waals surface area contributed by atoms with E-state index in [-0.39, 0.29) is 5.91 Å². The van der Waals surface area contributed by atoms with Crippen molar-refractivity contribution in [3.05, 3.63) is 5.01 Å². The second-order valence-corrected chi connectivity index (χ2v) is 8.05. The number of likely N-dealkylation sites (tertiary alicyclic amines) is 1. The van der Waals surface area contributed by atoms with Crippen molar-refractivity contribution in [1.29, 1.82) is 0 Å². The van der Waals surface area contributed by atoms with E-state index >= 15 is 0 Å². The van der Waals surface area contributed by atoms with E-state index in [1.165, 1.54) is 24.2 Å². The molecule has 0 bridgehead atoms. The van der Waals surface area contributed by atoms with Gasteiger partial charge in [0.05, 0.1) is 0 Å². The van der Waals surface area contributed by atoms with Crippen LogP contribution in [0.15, 0.2) is 0 Å². The van der Waals surface area contributed by atoms with Gasteiger partial charge in [0.15, 0.2) is 0 Å². The molecule has 2 aliphatic rings. The molecule has 134 valence electrons. The van der Waals surface area contributed by atoms with Crippen LogP contribution in [0, 0.1) is 5.92 Å². The van der Waals surface area contributed by atoms with Gasteiger partial charge in [-0.3, -0.25) is 9.69 Å². The first-order valence-electron chi connectivity index (χ1n) is 8.96. The summed E-state index contributed by atoms with van der Waals surface area (Å²) in [6.07, 6.45) is 7.15. The normalized spacial score (nSPS) is 24.4. The highest BCUT2D eigenvalue weighted by molar-refractivity contribution is 7.15. The monoisotopic (exact) mass is 352 g/mol. The van der Waals surface area contributed by atoms with Crippen molar-refractivity contribution >= 4 is 22.4 Å². The molecule has 2 atom stereocenters. The molecule has 0 radical (unpaired) electrons. The summed E-state index contributed by atoms with van der Waals surface area (Å²) in [6.45, 7) is 2.50. The third kappa shape index (κ3) is 4.87. The molecule has 24 heavy (non-hydrogen) atoms. The van der Waals surface area contributed by atoms with Gasteiger partial charge in [0.2, 0.25) is 11.0 Å². The topological polar surface area (TPSA) is 110 Å². The third-order valence-electron chi connectivity index (χ3n) is 5.00. The first-order chi connectivity index (χ1) is 11.7. The molecule has 1 aliphatic heterocycles. The average Bonchev–Trinajstić information content (AvgIpc) is 3.17. The van der Waals surface area contributed by atoms with Crippen molar-refractivity contribution < 1.29 is 4.79 Å². The Balaban J connectivity index is 1.37. The van der Waals surface area contributed by atoms with Crippen LogP contribution >= 0.6 is 11.3 Å². The van der Waals surface area contributed by atoms with Gasteiger partial charge in [-0.15, -0.1) is 10.2 Å². The molecule has 1 aromatic heterocycles. The molecule has 0 spiro atoms. The number of nitrogen functional groups attached to an aromatic ring is 1. The minimum absolute atomic E-state index is 0.148. The van der Waals surface area contributed by atoms with Gasteiger partial charge in [-0.05, 0) is 38.0 Å². The van der Waals surface area contributed by atoms with Crippen LogP contribution in [0.1, 0.15) is 43.5 Å². The largest absolute Gasteiger partial charge is 0.374 e. The smallest absolute Gasteiger partial charge is 0.221 e. The molecule has 2 fully saturated rings. The Labute approximate surface area is 147 Å². The number of anilines is 1. The van der Waals surface area contributed by atoms with E-state index in [4.69, 9.17) is 11.5 Å². The molecule has 1 amide bonds. The first kappa shape index (κ1) is 17.6. The Bertz CT molecular complexity index is 546. The van der Waals surface area contributed by atoms with Crippen molar-refractivity contribution in [3.63, 3.8) is 0 Å². The van der Waals surface area contributed by atoms with Gasteiger partial charge in [-0.1, -0.05) is 11.3 Å². The molecular formula is C16H28N6OS. The van der Waals surface area contributed by atoms with Gasteiger partial charge in [-0.25, -0.2) is 0 Å². The molecule has 2 heterocycles. The first-order valence-corrected chi connectivity index (χ1v) is 9.77. The summed E-state index contributed by atoms with van der Waals surface area (Å²) in [5.41, 5.74) is 11.5. The Morgan fingerprint density at radius 1 is 1.25 bits per heavy atom. The summed E-state index contributed by atoms with van der Waals surface area (Å²) < 4.78 is 0. The predicted octanol–water partition coefficient (Wildman–Crippen LogP) is 0.761. The summed E-state index contributed by atoms with van der Waals surface area (Å²) in [7, 11) is 0. The lowest BCUT2D eigenvalue weighted by atomic mass is 10.1. The van der Waals surface area contributed by atoms with E-state index in [0.29, 0.717) is 36.7 Å². The fourth-order valence-electron chi connectivity index (χ4n) is 3.51. The number of nitrogens with one attached hydrogen (secondary N) is 1. The summed E-state index contributed by atoms with van der Waals surface area (Å²) >= 11 is 1.41. The number of aryl methyl sites for hydroxylation is 1. The Hall–Kier alpha value is -1.25. The zero-order valence-corrected chi connectivity index (χ0v) is 14.9. The van der Waals surface area contributed by atoms with E-state index in [1.807, 2.05) is 0 Å². The van der Waals surface area contributed by atoms with Crippen molar-refractivity contribution in [2.24, 2.45) is 11.7 Å². The number of nitrogens with zero attached hydrogens (tertiary/aromatic N) is 3. The molecule has 7 nitrogen and oxygen atoms in total. The van der Waals surface area contributed by atoms with Crippen LogP contribution in [-0.2, 0) is 11.2 Å². The van der Waals surface area contributed by atoms with E-state index in [9.17, 15) is 4.79 Å². The van der Waals surface area contributed by atoms with Crippen LogP contribution in [0.2, 0.25) is 0 Å². The number of aromatic nitrogens is 2. The maximum absolute atomic E-state index is 12.2. The van der Waals surface area contributed by atoms with Crippen LogP contribution in [-0.4, -0.2) is 52.7 Å². The van der Waals surface area contributed by atoms with Gasteiger partial charge in [0.1, 0.15) is 5.01 Å². The Morgan fingerprint density at radius 2 is 2.04 bits per heavy atom. The van der Waals surface area contributed by atoms with Gasteiger partial charge < -0.3 is 16.8 Å². The number of nitrogens with two attached hydrogens (primary N) is 2. The summed E-state index contributed by atoms with van der Waals surface area (Å²) in [6, 6.07) is 0.827. The average molecular weight is 353 g/mol. The maximum atomic E-state index is 12.2. The van der Waals surface area contributed by atoms with Crippen LogP contribution in [0.4, 0.5) is 5.13 Å². The van der Waals surface area contributed by atoms with Crippen LogP contribution in [0.25, 0.3) is 0 Å². The summed E-state index contributed by atoms with van der Waals surface area (Å²) in [5.74, 6) is 0.984. The zero-order valence-electron chi connectivity index (χ0n) is 14.1. The zero-order chi connectivity index (χ0) is 16.9. The van der Waals surface area contributed by atoms with Crippen LogP contribution in [0.3, 0.4) is 0 Å². The minimum atomic E-state index is 0.148. The number of hydrogen-bond acceptors (Lipinski definition) is 7. The highest BCUT2D eigenvalue weighted by atomic mass is 32.1. The van der Waals surface area contributed by atoms with E-state index in [2.05, 4.69) is 20.4 Å². The number of hydrogen-bond donors (Lipinski definition) is 3. The summed E-state index contributed by atoms with van der Waals surface area (Å²) in [5, 5.41) is 12.3. The quantitative estimate of drug-likeness (QED) is 0.566. The minimum Gasteiger partial charge on any atom is -0.374 e. The number of carbonyl (C=O) groups excluding carboxylic acids is 1. The molecule has 1 aliphatic carbocycles. The molecule has 5 N–H and O–H groups in total. The lowest BCUT2D eigenvalue weighted by Crippen LogP contribution is -2.43. The van der Waals surface area contributed by atoms with Crippen molar-refractivity contribution in [1.82, 2.24) is 20.4 Å². The van der Waals surface area contributed by atoms with Crippen molar-refractivity contribution in [2.75, 3.05) is 25.4 Å². The van der Waals surface area contributed by atoms with Crippen molar-refractivity contribution in [2.45, 2.75) is 57.0 Å². The number of amides is 1.